The van der Waals surface area contributed by atoms with E-state index in [-0.39, 0.29) is 24.7 Å². The van der Waals surface area contributed by atoms with E-state index in [0.29, 0.717) is 51.5 Å². The monoisotopic (exact) mass is 617 g/mol. The van der Waals surface area contributed by atoms with Gasteiger partial charge in [-0.25, -0.2) is 0 Å². The van der Waals surface area contributed by atoms with E-state index < -0.39 is 5.97 Å². The summed E-state index contributed by atoms with van der Waals surface area (Å²) < 4.78 is 3.81. The summed E-state index contributed by atoms with van der Waals surface area (Å²) >= 11 is 7.86. The Balaban J connectivity index is 1.40. The second kappa shape index (κ2) is 13.4. The number of thiophene rings is 1. The Morgan fingerprint density at radius 3 is 2.51 bits per heavy atom. The summed E-state index contributed by atoms with van der Waals surface area (Å²) in [6.07, 6.45) is 2.98. The fourth-order valence-corrected chi connectivity index (χ4v) is 6.50. The number of ketones is 1. The SMILES string of the molecule is CCc1cc(C(=O)c2ccccc2Cl)c(-n2c(C)nnc2CNC(=O)c2cc3ccccc3n2CCCCCC(=O)O)s1. The maximum Gasteiger partial charge on any atom is 0.303 e. The van der Waals surface area contributed by atoms with E-state index in [1.54, 1.807) is 24.3 Å². The number of carboxylic acid groups (broad SMARTS) is 1. The van der Waals surface area contributed by atoms with E-state index in [9.17, 15) is 14.4 Å². The van der Waals surface area contributed by atoms with Crippen LogP contribution in [-0.2, 0) is 24.3 Å². The van der Waals surface area contributed by atoms with Gasteiger partial charge in [0, 0.05) is 34.3 Å². The van der Waals surface area contributed by atoms with Crippen LogP contribution in [0.25, 0.3) is 15.9 Å². The van der Waals surface area contributed by atoms with Crippen molar-refractivity contribution in [3.8, 4) is 5.00 Å². The molecule has 3 aromatic heterocycles. The summed E-state index contributed by atoms with van der Waals surface area (Å²) in [6, 6.07) is 18.5. The zero-order valence-electron chi connectivity index (χ0n) is 24.0. The lowest BCUT2D eigenvalue weighted by Gasteiger charge is -2.12. The van der Waals surface area contributed by atoms with Crippen LogP contribution in [-0.4, -0.2) is 42.1 Å². The van der Waals surface area contributed by atoms with Crippen LogP contribution in [0.3, 0.4) is 0 Å². The van der Waals surface area contributed by atoms with Gasteiger partial charge < -0.3 is 15.0 Å². The summed E-state index contributed by atoms with van der Waals surface area (Å²) in [5, 5.41) is 22.6. The fraction of sp³-hybridized carbons (Fsp3) is 0.281. The van der Waals surface area contributed by atoms with E-state index >= 15 is 0 Å². The number of para-hydroxylation sites is 1. The molecule has 11 heteroatoms. The van der Waals surface area contributed by atoms with Crippen molar-refractivity contribution in [3.05, 3.63) is 99.0 Å². The smallest absolute Gasteiger partial charge is 0.303 e. The molecule has 1 amide bonds. The first kappa shape index (κ1) is 30.2. The highest BCUT2D eigenvalue weighted by Crippen LogP contribution is 2.32. The third-order valence-electron chi connectivity index (χ3n) is 7.29. The summed E-state index contributed by atoms with van der Waals surface area (Å²) in [5.41, 5.74) is 2.38. The van der Waals surface area contributed by atoms with Crippen LogP contribution in [0.15, 0.2) is 60.7 Å². The highest BCUT2D eigenvalue weighted by atomic mass is 35.5. The molecule has 0 aliphatic rings. The number of rotatable bonds is 13. The number of unbranched alkanes of at least 4 members (excludes halogenated alkanes) is 2. The number of aliphatic carboxylic acids is 1. The van der Waals surface area contributed by atoms with Crippen molar-refractivity contribution >= 4 is 51.5 Å². The average Bonchev–Trinajstić information content (AvgIpc) is 3.70. The lowest BCUT2D eigenvalue weighted by atomic mass is 10.0. The van der Waals surface area contributed by atoms with E-state index in [2.05, 4.69) is 15.5 Å². The van der Waals surface area contributed by atoms with Crippen LogP contribution in [0.1, 0.15) is 75.5 Å². The first-order valence-corrected chi connectivity index (χ1v) is 15.4. The van der Waals surface area contributed by atoms with Crippen molar-refractivity contribution in [1.82, 2.24) is 24.6 Å². The third kappa shape index (κ3) is 6.55. The van der Waals surface area contributed by atoms with Gasteiger partial charge in [0.05, 0.1) is 17.1 Å². The van der Waals surface area contributed by atoms with Crippen molar-refractivity contribution in [2.75, 3.05) is 0 Å². The van der Waals surface area contributed by atoms with E-state index in [4.69, 9.17) is 16.7 Å². The maximum absolute atomic E-state index is 13.6. The van der Waals surface area contributed by atoms with Crippen LogP contribution in [0, 0.1) is 6.92 Å². The second-order valence-electron chi connectivity index (χ2n) is 10.2. The summed E-state index contributed by atoms with van der Waals surface area (Å²) in [4.78, 5) is 39.1. The molecule has 5 rings (SSSR count). The summed E-state index contributed by atoms with van der Waals surface area (Å²) in [5.74, 6) is -0.157. The molecule has 0 fully saturated rings. The van der Waals surface area contributed by atoms with Crippen LogP contribution in [0.2, 0.25) is 5.02 Å². The number of halogens is 1. The minimum absolute atomic E-state index is 0.0961. The van der Waals surface area contributed by atoms with Gasteiger partial charge in [-0.2, -0.15) is 0 Å². The molecule has 0 atom stereocenters. The normalized spacial score (nSPS) is 11.2. The molecule has 0 saturated heterocycles. The molecule has 43 heavy (non-hydrogen) atoms. The van der Waals surface area contributed by atoms with Gasteiger partial charge in [0.15, 0.2) is 11.6 Å². The van der Waals surface area contributed by atoms with E-state index in [1.165, 1.54) is 11.3 Å². The molecular formula is C32H32ClN5O4S. The first-order chi connectivity index (χ1) is 20.8. The van der Waals surface area contributed by atoms with Crippen molar-refractivity contribution < 1.29 is 19.5 Å². The molecule has 3 heterocycles. The van der Waals surface area contributed by atoms with Gasteiger partial charge in [-0.1, -0.05) is 55.3 Å². The number of nitrogens with one attached hydrogen (secondary N) is 1. The molecule has 2 aromatic carbocycles. The second-order valence-corrected chi connectivity index (χ2v) is 11.7. The first-order valence-electron chi connectivity index (χ1n) is 14.2. The van der Waals surface area contributed by atoms with Gasteiger partial charge in [0.1, 0.15) is 16.5 Å². The number of nitrogens with zero attached hydrogens (tertiary/aromatic N) is 4. The molecule has 5 aromatic rings. The number of hydrogen-bond donors (Lipinski definition) is 2. The standard InChI is InChI=1S/C32H32ClN5O4S/c1-3-22-18-24(30(41)23-12-7-8-13-25(23)33)32(43-22)38-20(2)35-36-28(38)19-34-31(42)27-17-21-11-6-9-14-26(21)37(27)16-10-4-5-15-29(39)40/h6-9,11-14,17-18H,3-5,10,15-16,19H2,1-2H3,(H,34,42)(H,39,40). The van der Waals surface area contributed by atoms with Gasteiger partial charge in [-0.3, -0.25) is 19.0 Å². The Labute approximate surface area is 258 Å². The molecule has 0 bridgehead atoms. The van der Waals surface area contributed by atoms with Crippen molar-refractivity contribution in [3.63, 3.8) is 0 Å². The van der Waals surface area contributed by atoms with Gasteiger partial charge in [-0.05, 0) is 56.5 Å². The van der Waals surface area contributed by atoms with Gasteiger partial charge >= 0.3 is 5.97 Å². The predicted molar refractivity (Wildman–Crippen MR) is 167 cm³/mol. The van der Waals surface area contributed by atoms with Crippen molar-refractivity contribution in [2.45, 2.75) is 59.0 Å². The number of carboxylic acids is 1. The molecule has 2 N–H and O–H groups in total. The zero-order valence-corrected chi connectivity index (χ0v) is 25.5. The molecule has 0 aliphatic carbocycles. The van der Waals surface area contributed by atoms with Crippen molar-refractivity contribution in [2.24, 2.45) is 0 Å². The Hall–Kier alpha value is -4.28. The van der Waals surface area contributed by atoms with Crippen LogP contribution < -0.4 is 5.32 Å². The Kier molecular flexibility index (Phi) is 9.37. The van der Waals surface area contributed by atoms with Crippen LogP contribution in [0.4, 0.5) is 0 Å². The highest BCUT2D eigenvalue weighted by molar-refractivity contribution is 7.15. The predicted octanol–water partition coefficient (Wildman–Crippen LogP) is 6.61. The number of hydrogen-bond acceptors (Lipinski definition) is 6. The molecule has 0 radical (unpaired) electrons. The minimum atomic E-state index is -0.802. The molecule has 222 valence electrons. The number of carbonyl (C=O) groups is 3. The number of aryl methyl sites for hydroxylation is 3. The largest absolute Gasteiger partial charge is 0.481 e. The molecule has 0 saturated carbocycles. The lowest BCUT2D eigenvalue weighted by molar-refractivity contribution is -0.137. The Morgan fingerprint density at radius 2 is 1.74 bits per heavy atom. The third-order valence-corrected chi connectivity index (χ3v) is 8.89. The van der Waals surface area contributed by atoms with Gasteiger partial charge in [-0.15, -0.1) is 21.5 Å². The summed E-state index contributed by atoms with van der Waals surface area (Å²) in [6.45, 7) is 4.53. The molecular weight excluding hydrogens is 586 g/mol. The number of fused-ring (bicyclic) bond motifs is 1. The number of amides is 1. The molecule has 0 aliphatic heterocycles. The number of aromatic nitrogens is 4. The number of carbonyl (C=O) groups excluding carboxylic acids is 2. The zero-order chi connectivity index (χ0) is 30.5. The minimum Gasteiger partial charge on any atom is -0.481 e. The van der Waals surface area contributed by atoms with E-state index in [1.807, 2.05) is 59.4 Å². The quantitative estimate of drug-likeness (QED) is 0.113. The van der Waals surface area contributed by atoms with Gasteiger partial charge in [0.25, 0.3) is 5.91 Å². The Bertz CT molecular complexity index is 1800. The van der Waals surface area contributed by atoms with Crippen LogP contribution in [0.5, 0.6) is 0 Å². The highest BCUT2D eigenvalue weighted by Gasteiger charge is 2.24. The van der Waals surface area contributed by atoms with Crippen molar-refractivity contribution in [1.29, 1.82) is 0 Å². The molecule has 0 unspecified atom stereocenters. The number of benzene rings is 2. The Morgan fingerprint density at radius 1 is 0.977 bits per heavy atom. The van der Waals surface area contributed by atoms with E-state index in [0.717, 1.165) is 35.0 Å². The topological polar surface area (TPSA) is 119 Å². The molecule has 0 spiro atoms. The molecule has 9 nitrogen and oxygen atoms in total. The fourth-order valence-electron chi connectivity index (χ4n) is 5.12. The maximum atomic E-state index is 13.6. The van der Waals surface area contributed by atoms with Gasteiger partial charge in [0.2, 0.25) is 0 Å². The average molecular weight is 618 g/mol. The lowest BCUT2D eigenvalue weighted by Crippen LogP contribution is -2.27. The van der Waals surface area contributed by atoms with Crippen LogP contribution >= 0.6 is 22.9 Å². The summed E-state index contributed by atoms with van der Waals surface area (Å²) in [7, 11) is 0.